The minimum absolute atomic E-state index is 0.872. The Hall–Kier alpha value is 1.80. The van der Waals surface area contributed by atoms with E-state index >= 15 is 0 Å². The van der Waals surface area contributed by atoms with Crippen LogP contribution in [0, 0.1) is 6.92 Å². The summed E-state index contributed by atoms with van der Waals surface area (Å²) in [7, 11) is 0. The van der Waals surface area contributed by atoms with Crippen LogP contribution in [0.25, 0.3) is 0 Å². The van der Waals surface area contributed by atoms with Gasteiger partial charge in [-0.25, -0.2) is 0 Å². The molecule has 21 heavy (non-hydrogen) atoms. The van der Waals surface area contributed by atoms with Gasteiger partial charge >= 0.3 is 0 Å². The first-order chi connectivity index (χ1) is 9.76. The molecule has 0 aromatic heterocycles. The van der Waals surface area contributed by atoms with Gasteiger partial charge in [-0.2, -0.15) is 0 Å². The number of halogens is 7. The third kappa shape index (κ3) is 6.67. The van der Waals surface area contributed by atoms with Crippen LogP contribution in [0.5, 0.6) is 0 Å². The van der Waals surface area contributed by atoms with Gasteiger partial charge in [0.15, 0.2) is 0 Å². The van der Waals surface area contributed by atoms with E-state index in [0.717, 1.165) is 32.2 Å². The number of hydrogen-bond acceptors (Lipinski definition) is 0. The van der Waals surface area contributed by atoms with Crippen LogP contribution in [0.15, 0.2) is 51.1 Å². The van der Waals surface area contributed by atoms with Crippen LogP contribution in [-0.4, -0.2) is 0 Å². The van der Waals surface area contributed by atoms with Gasteiger partial charge in [0.25, 0.3) is 0 Å². The summed E-state index contributed by atoms with van der Waals surface area (Å²) in [6, 6.07) is 8.27. The second-order valence-electron chi connectivity index (χ2n) is 4.05. The molecule has 2 aromatic rings. The summed E-state index contributed by atoms with van der Waals surface area (Å²) in [5, 5.41) is 0.872. The summed E-state index contributed by atoms with van der Waals surface area (Å²) in [4.78, 5) is 0. The maximum absolute atomic E-state index is 3.44. The van der Waals surface area contributed by atoms with Crippen LogP contribution in [0.4, 0.5) is 0 Å². The number of aryl methyl sites for hydroxylation is 1. The lowest BCUT2D eigenvalue weighted by atomic mass is 10.2. The second kappa shape index (κ2) is 9.94. The molecule has 0 aliphatic heterocycles. The first-order valence-electron chi connectivity index (χ1n) is 5.56. The van der Waals surface area contributed by atoms with Crippen LogP contribution >= 0.6 is 112 Å². The normalized spacial score (nSPS) is 10.1. The van der Waals surface area contributed by atoms with Gasteiger partial charge in [-0.1, -0.05) is 15.9 Å². The molecule has 0 spiro atoms. The second-order valence-corrected chi connectivity index (χ2v) is 9.61. The summed E-state index contributed by atoms with van der Waals surface area (Å²) in [5.41, 5.74) is 2.48. The van der Waals surface area contributed by atoms with E-state index in [1.165, 1.54) is 11.1 Å². The Morgan fingerprint density at radius 3 is 1.33 bits per heavy atom. The van der Waals surface area contributed by atoms with Crippen molar-refractivity contribution in [2.24, 2.45) is 0 Å². The summed E-state index contributed by atoms with van der Waals surface area (Å²) in [6.07, 6.45) is 0. The molecule has 0 aliphatic carbocycles. The molecule has 0 nitrogen and oxygen atoms in total. The largest absolute Gasteiger partial charge is 0.0876 e. The molecule has 0 saturated carbocycles. The Kier molecular flexibility index (Phi) is 9.87. The third-order valence-corrected chi connectivity index (χ3v) is 9.31. The monoisotopic (exact) mass is 729 g/mol. The van der Waals surface area contributed by atoms with E-state index in [2.05, 4.69) is 143 Å². The van der Waals surface area contributed by atoms with Crippen molar-refractivity contribution in [1.29, 1.82) is 0 Å². The highest BCUT2D eigenvalue weighted by atomic mass is 79.9. The van der Waals surface area contributed by atoms with E-state index in [-0.39, 0.29) is 0 Å². The minimum atomic E-state index is 0.872. The van der Waals surface area contributed by atoms with E-state index in [1.807, 2.05) is 0 Å². The molecular weight excluding hydrogens is 727 g/mol. The van der Waals surface area contributed by atoms with Crippen molar-refractivity contribution in [3.63, 3.8) is 0 Å². The van der Waals surface area contributed by atoms with Gasteiger partial charge in [0.05, 0.1) is 0 Å². The summed E-state index contributed by atoms with van der Waals surface area (Å²) in [5.74, 6) is 0. The molecule has 0 saturated heterocycles. The van der Waals surface area contributed by atoms with E-state index in [1.54, 1.807) is 0 Å². The zero-order valence-corrected chi connectivity index (χ0v) is 21.8. The zero-order chi connectivity index (χ0) is 16.2. The molecule has 0 aliphatic rings. The van der Waals surface area contributed by atoms with Gasteiger partial charge in [0.1, 0.15) is 0 Å². The summed E-state index contributed by atoms with van der Waals surface area (Å²) in [6.45, 7) is 2.06. The molecule has 2 aromatic carbocycles. The smallest absolute Gasteiger partial charge is 0.0459 e. The van der Waals surface area contributed by atoms with Crippen molar-refractivity contribution >= 4 is 112 Å². The van der Waals surface area contributed by atoms with Crippen molar-refractivity contribution in [2.75, 3.05) is 0 Å². The van der Waals surface area contributed by atoms with Gasteiger partial charge in [0, 0.05) is 32.2 Å². The predicted molar refractivity (Wildman–Crippen MR) is 116 cm³/mol. The van der Waals surface area contributed by atoms with Crippen LogP contribution in [0.3, 0.4) is 0 Å². The van der Waals surface area contributed by atoms with E-state index < -0.39 is 0 Å². The standard InChI is InChI=1S/C7H4Br4.C7H5Br3/c8-3-4-1-5(9)7(11)6(10)2-4;1-4-2-5(8)7(10)6(9)3-4/h1-2H,3H2;2-3H,1H3. The average Bonchev–Trinajstić information content (AvgIpc) is 2.42. The Morgan fingerprint density at radius 1 is 0.667 bits per heavy atom. The Morgan fingerprint density at radius 2 is 1.00 bits per heavy atom. The molecular formula is C14H9Br7. The lowest BCUT2D eigenvalue weighted by Gasteiger charge is -2.02. The van der Waals surface area contributed by atoms with Crippen LogP contribution in [0.1, 0.15) is 11.1 Å². The highest BCUT2D eigenvalue weighted by molar-refractivity contribution is 9.15. The Balaban J connectivity index is 0.000000211. The SMILES string of the molecule is BrCc1cc(Br)c(Br)c(Br)c1.Cc1cc(Br)c(Br)c(Br)c1. The van der Waals surface area contributed by atoms with E-state index in [0.29, 0.717) is 0 Å². The van der Waals surface area contributed by atoms with Crippen molar-refractivity contribution in [3.8, 4) is 0 Å². The average molecular weight is 737 g/mol. The van der Waals surface area contributed by atoms with Crippen molar-refractivity contribution in [1.82, 2.24) is 0 Å². The molecule has 0 unspecified atom stereocenters. The lowest BCUT2D eigenvalue weighted by molar-refractivity contribution is 1.38. The maximum Gasteiger partial charge on any atom is 0.0459 e. The number of hydrogen-bond donors (Lipinski definition) is 0. The van der Waals surface area contributed by atoms with Crippen molar-refractivity contribution in [2.45, 2.75) is 12.3 Å². The zero-order valence-electron chi connectivity index (χ0n) is 10.7. The molecule has 114 valence electrons. The number of alkyl halides is 1. The molecule has 0 atom stereocenters. The first kappa shape index (κ1) is 20.8. The topological polar surface area (TPSA) is 0 Å². The third-order valence-electron chi connectivity index (χ3n) is 2.33. The highest BCUT2D eigenvalue weighted by Gasteiger charge is 2.03. The first-order valence-corrected chi connectivity index (χ1v) is 11.4. The molecule has 0 N–H and O–H groups in total. The maximum atomic E-state index is 3.44. The summed E-state index contributed by atoms with van der Waals surface area (Å²) < 4.78 is 6.43. The quantitative estimate of drug-likeness (QED) is 0.203. The fraction of sp³-hybridized carbons (Fsp3) is 0.143. The number of benzene rings is 2. The van der Waals surface area contributed by atoms with Crippen molar-refractivity contribution in [3.05, 3.63) is 62.2 Å². The van der Waals surface area contributed by atoms with Crippen LogP contribution < -0.4 is 0 Å². The van der Waals surface area contributed by atoms with E-state index in [4.69, 9.17) is 0 Å². The predicted octanol–water partition coefficient (Wildman–Crippen LogP) is 9.15. The number of rotatable bonds is 1. The molecule has 7 heteroatoms. The fourth-order valence-electron chi connectivity index (χ4n) is 1.37. The van der Waals surface area contributed by atoms with Gasteiger partial charge in [0.2, 0.25) is 0 Å². The molecule has 0 heterocycles. The van der Waals surface area contributed by atoms with Crippen LogP contribution in [0.2, 0.25) is 0 Å². The molecule has 0 fully saturated rings. The van der Waals surface area contributed by atoms with E-state index in [9.17, 15) is 0 Å². The fourth-order valence-corrected chi connectivity index (χ4v) is 4.85. The van der Waals surface area contributed by atoms with Crippen LogP contribution in [-0.2, 0) is 5.33 Å². The minimum Gasteiger partial charge on any atom is -0.0876 e. The Bertz CT molecular complexity index is 591. The highest BCUT2D eigenvalue weighted by Crippen LogP contribution is 2.33. The molecule has 2 rings (SSSR count). The van der Waals surface area contributed by atoms with Crippen molar-refractivity contribution < 1.29 is 0 Å². The molecule has 0 bridgehead atoms. The molecule has 0 radical (unpaired) electrons. The van der Waals surface area contributed by atoms with Gasteiger partial charge in [-0.05, 0) is 138 Å². The van der Waals surface area contributed by atoms with Gasteiger partial charge in [-0.3, -0.25) is 0 Å². The van der Waals surface area contributed by atoms with Gasteiger partial charge < -0.3 is 0 Å². The summed E-state index contributed by atoms with van der Waals surface area (Å²) >= 11 is 24.0. The van der Waals surface area contributed by atoms with Gasteiger partial charge in [-0.15, -0.1) is 0 Å². The molecule has 0 amide bonds. The Labute approximate surface area is 183 Å². The lowest BCUT2D eigenvalue weighted by Crippen LogP contribution is -1.79.